The molecule has 2 aromatic rings. The molecule has 0 atom stereocenters. The SMILES string of the molecule is CC(C)(F)COc1ccnc(N2C(=O)C(C)(C)c3cc(C(=O)CC4(C)CCS(=O)(=O)CC4)ccc32)c1. The lowest BCUT2D eigenvalue weighted by atomic mass is 9.78. The number of alkyl halides is 1. The number of hydrogen-bond donors (Lipinski definition) is 0. The van der Waals surface area contributed by atoms with E-state index >= 15 is 0 Å². The summed E-state index contributed by atoms with van der Waals surface area (Å²) in [6.07, 6.45) is 2.70. The van der Waals surface area contributed by atoms with Gasteiger partial charge in [0.05, 0.1) is 22.6 Å². The van der Waals surface area contributed by atoms with Crippen molar-refractivity contribution >= 4 is 33.0 Å². The molecule has 7 nitrogen and oxygen atoms in total. The number of carbonyl (C=O) groups is 2. The maximum absolute atomic E-state index is 13.9. The van der Waals surface area contributed by atoms with Crippen LogP contribution in [0.4, 0.5) is 15.9 Å². The van der Waals surface area contributed by atoms with E-state index in [2.05, 4.69) is 4.98 Å². The van der Waals surface area contributed by atoms with Crippen LogP contribution in [0.2, 0.25) is 0 Å². The van der Waals surface area contributed by atoms with E-state index < -0.39 is 20.9 Å². The van der Waals surface area contributed by atoms with Gasteiger partial charge in [0.15, 0.2) is 5.78 Å². The van der Waals surface area contributed by atoms with E-state index in [4.69, 9.17) is 4.74 Å². The molecule has 2 aliphatic rings. The molecule has 0 aliphatic carbocycles. The molecular weight excluding hydrogens is 483 g/mol. The highest BCUT2D eigenvalue weighted by Crippen LogP contribution is 2.46. The number of halogens is 1. The lowest BCUT2D eigenvalue weighted by molar-refractivity contribution is -0.121. The zero-order valence-corrected chi connectivity index (χ0v) is 22.2. The lowest BCUT2D eigenvalue weighted by Crippen LogP contribution is -2.33. The third-order valence-corrected chi connectivity index (χ3v) is 8.77. The molecule has 0 unspecified atom stereocenters. The molecule has 3 heterocycles. The summed E-state index contributed by atoms with van der Waals surface area (Å²) >= 11 is 0. The van der Waals surface area contributed by atoms with Crippen molar-refractivity contribution in [1.82, 2.24) is 4.98 Å². The van der Waals surface area contributed by atoms with Crippen LogP contribution in [0.1, 0.15) is 69.8 Å². The third kappa shape index (κ3) is 5.31. The van der Waals surface area contributed by atoms with Crippen LogP contribution < -0.4 is 9.64 Å². The summed E-state index contributed by atoms with van der Waals surface area (Å²) in [6, 6.07) is 8.44. The second-order valence-corrected chi connectivity index (χ2v) is 13.7. The zero-order valence-electron chi connectivity index (χ0n) is 21.4. The number of rotatable bonds is 7. The smallest absolute Gasteiger partial charge is 0.242 e. The van der Waals surface area contributed by atoms with Crippen molar-refractivity contribution in [2.45, 2.75) is 65.0 Å². The number of carbonyl (C=O) groups excluding carboxylic acids is 2. The Morgan fingerprint density at radius 3 is 2.44 bits per heavy atom. The van der Waals surface area contributed by atoms with E-state index in [-0.39, 0.29) is 41.6 Å². The second-order valence-electron chi connectivity index (χ2n) is 11.4. The highest BCUT2D eigenvalue weighted by molar-refractivity contribution is 7.91. The Morgan fingerprint density at radius 2 is 1.81 bits per heavy atom. The average Bonchev–Trinajstić information content (AvgIpc) is 2.99. The maximum Gasteiger partial charge on any atom is 0.242 e. The van der Waals surface area contributed by atoms with E-state index in [1.807, 2.05) is 20.8 Å². The fourth-order valence-electron chi connectivity index (χ4n) is 4.70. The van der Waals surface area contributed by atoms with E-state index in [0.29, 0.717) is 41.2 Å². The average molecular weight is 517 g/mol. The molecule has 0 N–H and O–H groups in total. The van der Waals surface area contributed by atoms with Gasteiger partial charge in [-0.05, 0) is 75.8 Å². The van der Waals surface area contributed by atoms with Crippen molar-refractivity contribution in [2.24, 2.45) is 5.41 Å². The molecule has 9 heteroatoms. The number of benzene rings is 1. The van der Waals surface area contributed by atoms with Gasteiger partial charge in [-0.2, -0.15) is 0 Å². The van der Waals surface area contributed by atoms with Crippen LogP contribution in [0.15, 0.2) is 36.5 Å². The Hall–Kier alpha value is -2.81. The van der Waals surface area contributed by atoms with Crippen molar-refractivity contribution in [1.29, 1.82) is 0 Å². The number of aromatic nitrogens is 1. The number of ether oxygens (including phenoxy) is 1. The molecule has 1 saturated heterocycles. The Balaban J connectivity index is 1.60. The first-order valence-electron chi connectivity index (χ1n) is 12.1. The van der Waals surface area contributed by atoms with Gasteiger partial charge in [0.2, 0.25) is 5.91 Å². The predicted octanol–water partition coefficient (Wildman–Crippen LogP) is 4.95. The molecule has 4 rings (SSSR count). The highest BCUT2D eigenvalue weighted by Gasteiger charge is 2.45. The van der Waals surface area contributed by atoms with Crippen molar-refractivity contribution in [3.05, 3.63) is 47.7 Å². The lowest BCUT2D eigenvalue weighted by Gasteiger charge is -2.32. The molecule has 194 valence electrons. The molecule has 0 bridgehead atoms. The van der Waals surface area contributed by atoms with Crippen LogP contribution >= 0.6 is 0 Å². The number of Topliss-reactive ketones (excluding diaryl/α,β-unsaturated/α-hetero) is 1. The summed E-state index contributed by atoms with van der Waals surface area (Å²) < 4.78 is 43.1. The summed E-state index contributed by atoms with van der Waals surface area (Å²) in [5.74, 6) is 0.715. The Labute approximate surface area is 212 Å². The van der Waals surface area contributed by atoms with Gasteiger partial charge in [-0.15, -0.1) is 0 Å². The Kier molecular flexibility index (Phi) is 6.52. The first kappa shape index (κ1) is 26.3. The molecule has 1 amide bonds. The number of nitrogens with zero attached hydrogens (tertiary/aromatic N) is 2. The Morgan fingerprint density at radius 1 is 1.14 bits per heavy atom. The molecule has 1 aromatic heterocycles. The van der Waals surface area contributed by atoms with Crippen LogP contribution in [-0.2, 0) is 20.0 Å². The summed E-state index contributed by atoms with van der Waals surface area (Å²) in [5, 5.41) is 0. The number of amides is 1. The van der Waals surface area contributed by atoms with Crippen LogP contribution in [-0.4, -0.2) is 48.9 Å². The molecule has 0 spiro atoms. The van der Waals surface area contributed by atoms with Crippen LogP contribution in [0.3, 0.4) is 0 Å². The summed E-state index contributed by atoms with van der Waals surface area (Å²) in [7, 11) is -3.02. The predicted molar refractivity (Wildman–Crippen MR) is 136 cm³/mol. The third-order valence-electron chi connectivity index (χ3n) is 7.12. The van der Waals surface area contributed by atoms with Gasteiger partial charge in [-0.25, -0.2) is 17.8 Å². The fraction of sp³-hybridized carbons (Fsp3) is 0.519. The number of fused-ring (bicyclic) bond motifs is 1. The van der Waals surface area contributed by atoms with Crippen molar-refractivity contribution < 1.29 is 27.1 Å². The zero-order chi connectivity index (χ0) is 26.5. The van der Waals surface area contributed by atoms with E-state index in [9.17, 15) is 22.4 Å². The fourth-order valence-corrected chi connectivity index (χ4v) is 6.51. The minimum absolute atomic E-state index is 0.0661. The van der Waals surface area contributed by atoms with Gasteiger partial charge >= 0.3 is 0 Å². The van der Waals surface area contributed by atoms with Crippen LogP contribution in [0, 0.1) is 5.41 Å². The van der Waals surface area contributed by atoms with Gasteiger partial charge in [-0.1, -0.05) is 6.92 Å². The number of ketones is 1. The van der Waals surface area contributed by atoms with Crippen LogP contribution in [0.25, 0.3) is 0 Å². The largest absolute Gasteiger partial charge is 0.490 e. The molecule has 2 aliphatic heterocycles. The molecule has 0 saturated carbocycles. The van der Waals surface area contributed by atoms with Crippen molar-refractivity contribution in [3.8, 4) is 5.75 Å². The van der Waals surface area contributed by atoms with Gasteiger partial charge in [-0.3, -0.25) is 14.5 Å². The molecule has 1 fully saturated rings. The second kappa shape index (κ2) is 8.94. The molecule has 0 radical (unpaired) electrons. The normalized spacial score (nSPS) is 20.2. The summed E-state index contributed by atoms with van der Waals surface area (Å²) in [5.41, 5.74) is -0.917. The van der Waals surface area contributed by atoms with Gasteiger partial charge in [0.1, 0.15) is 33.7 Å². The van der Waals surface area contributed by atoms with Crippen molar-refractivity contribution in [3.63, 3.8) is 0 Å². The number of sulfone groups is 1. The van der Waals surface area contributed by atoms with E-state index in [1.165, 1.54) is 24.9 Å². The van der Waals surface area contributed by atoms with Gasteiger partial charge in [0, 0.05) is 24.2 Å². The van der Waals surface area contributed by atoms with Gasteiger partial charge in [0.25, 0.3) is 0 Å². The van der Waals surface area contributed by atoms with E-state index in [1.54, 1.807) is 30.3 Å². The maximum atomic E-state index is 13.9. The summed E-state index contributed by atoms with van der Waals surface area (Å²) in [6.45, 7) is 8.29. The monoisotopic (exact) mass is 516 g/mol. The van der Waals surface area contributed by atoms with Gasteiger partial charge < -0.3 is 4.74 Å². The number of pyridine rings is 1. The summed E-state index contributed by atoms with van der Waals surface area (Å²) in [4.78, 5) is 32.5. The molecule has 1 aromatic carbocycles. The van der Waals surface area contributed by atoms with Crippen LogP contribution in [0.5, 0.6) is 5.75 Å². The first-order valence-corrected chi connectivity index (χ1v) is 13.9. The standard InChI is InChI=1S/C27H33FN2O5S/c1-25(2,28)17-35-19-8-11-29-23(15-19)30-21-7-6-18(14-20(21)26(3,4)24(30)32)22(31)16-27(5)9-12-36(33,34)13-10-27/h6-8,11,14-15H,9-10,12-13,16-17H2,1-5H3. The molecular formula is C27H33FN2O5S. The van der Waals surface area contributed by atoms with Crippen molar-refractivity contribution in [2.75, 3.05) is 23.0 Å². The topological polar surface area (TPSA) is 93.6 Å². The number of anilines is 2. The minimum Gasteiger partial charge on any atom is -0.490 e. The van der Waals surface area contributed by atoms with E-state index in [0.717, 1.165) is 0 Å². The minimum atomic E-state index is -3.02. The molecule has 36 heavy (non-hydrogen) atoms. The highest BCUT2D eigenvalue weighted by atomic mass is 32.2. The quantitative estimate of drug-likeness (QED) is 0.483. The Bertz CT molecular complexity index is 1300. The first-order chi connectivity index (χ1) is 16.6. The number of hydrogen-bond acceptors (Lipinski definition) is 6.